The second kappa shape index (κ2) is 5.34. The van der Waals surface area contributed by atoms with Gasteiger partial charge in [-0.15, -0.1) is 0 Å². The fourth-order valence-corrected chi connectivity index (χ4v) is 1.03. The first-order valence-electron chi connectivity index (χ1n) is 4.99. The third kappa shape index (κ3) is 3.97. The topological polar surface area (TPSA) is 65.2 Å². The molecule has 0 amide bonds. The van der Waals surface area contributed by atoms with Gasteiger partial charge in [0.1, 0.15) is 5.82 Å². The summed E-state index contributed by atoms with van der Waals surface area (Å²) in [6.07, 6.45) is 0.855. The molecular weight excluding hydrogens is 192 g/mol. The van der Waals surface area contributed by atoms with E-state index in [9.17, 15) is 4.79 Å². The van der Waals surface area contributed by atoms with Gasteiger partial charge in [0, 0.05) is 0 Å². The molecule has 82 valence electrons. The molecule has 0 aliphatic carbocycles. The van der Waals surface area contributed by atoms with E-state index < -0.39 is 5.97 Å². The number of pyridine rings is 1. The van der Waals surface area contributed by atoms with E-state index in [4.69, 9.17) is 10.5 Å². The lowest BCUT2D eigenvalue weighted by Crippen LogP contribution is -2.10. The van der Waals surface area contributed by atoms with Crippen molar-refractivity contribution >= 4 is 11.8 Å². The third-order valence-corrected chi connectivity index (χ3v) is 1.91. The molecule has 2 N–H and O–H groups in total. The van der Waals surface area contributed by atoms with Crippen LogP contribution in [-0.2, 0) is 4.74 Å². The number of ether oxygens (including phenoxy) is 1. The highest BCUT2D eigenvalue weighted by molar-refractivity contribution is 5.87. The smallest absolute Gasteiger partial charge is 0.357 e. The number of anilines is 1. The first kappa shape index (κ1) is 11.5. The van der Waals surface area contributed by atoms with Gasteiger partial charge in [-0.25, -0.2) is 9.78 Å². The predicted octanol–water partition coefficient (Wildman–Crippen LogP) is 1.87. The molecule has 0 bridgehead atoms. The molecule has 0 saturated carbocycles. The van der Waals surface area contributed by atoms with E-state index in [1.807, 2.05) is 0 Å². The molecule has 0 aromatic carbocycles. The van der Waals surface area contributed by atoms with Gasteiger partial charge in [0.15, 0.2) is 5.69 Å². The Morgan fingerprint density at radius 3 is 2.87 bits per heavy atom. The van der Waals surface area contributed by atoms with E-state index in [1.54, 1.807) is 18.2 Å². The van der Waals surface area contributed by atoms with Crippen LogP contribution >= 0.6 is 0 Å². The largest absolute Gasteiger partial charge is 0.461 e. The highest BCUT2D eigenvalue weighted by Gasteiger charge is 2.08. The Kier molecular flexibility index (Phi) is 4.09. The molecule has 0 radical (unpaired) electrons. The van der Waals surface area contributed by atoms with Gasteiger partial charge < -0.3 is 10.5 Å². The van der Waals surface area contributed by atoms with E-state index in [2.05, 4.69) is 18.8 Å². The SMILES string of the molecule is CC(C)CCOC(=O)c1cccc(N)n1. The molecule has 0 aliphatic heterocycles. The second-order valence-electron chi connectivity index (χ2n) is 3.77. The maximum Gasteiger partial charge on any atom is 0.357 e. The van der Waals surface area contributed by atoms with Crippen LogP contribution in [0.3, 0.4) is 0 Å². The molecule has 1 rings (SSSR count). The lowest BCUT2D eigenvalue weighted by molar-refractivity contribution is 0.0481. The Labute approximate surface area is 89.5 Å². The van der Waals surface area contributed by atoms with Crippen LogP contribution < -0.4 is 5.73 Å². The van der Waals surface area contributed by atoms with Gasteiger partial charge in [-0.3, -0.25) is 0 Å². The quantitative estimate of drug-likeness (QED) is 0.767. The Morgan fingerprint density at radius 2 is 2.27 bits per heavy atom. The standard InChI is InChI=1S/C11H16N2O2/c1-8(2)6-7-15-11(14)9-4-3-5-10(12)13-9/h3-5,8H,6-7H2,1-2H3,(H2,12,13). The molecule has 0 atom stereocenters. The van der Waals surface area contributed by atoms with Crippen molar-refractivity contribution < 1.29 is 9.53 Å². The molecule has 4 nitrogen and oxygen atoms in total. The fraction of sp³-hybridized carbons (Fsp3) is 0.455. The number of esters is 1. The number of rotatable bonds is 4. The summed E-state index contributed by atoms with van der Waals surface area (Å²) >= 11 is 0. The summed E-state index contributed by atoms with van der Waals surface area (Å²) in [5.74, 6) is 0.433. The summed E-state index contributed by atoms with van der Waals surface area (Å²) in [5, 5.41) is 0. The number of nitrogens with zero attached hydrogens (tertiary/aromatic N) is 1. The molecule has 1 heterocycles. The zero-order chi connectivity index (χ0) is 11.3. The average Bonchev–Trinajstić information content (AvgIpc) is 2.17. The summed E-state index contributed by atoms with van der Waals surface area (Å²) in [4.78, 5) is 15.3. The normalized spacial score (nSPS) is 10.3. The van der Waals surface area contributed by atoms with Gasteiger partial charge in [-0.05, 0) is 24.5 Å². The summed E-state index contributed by atoms with van der Waals surface area (Å²) in [7, 11) is 0. The lowest BCUT2D eigenvalue weighted by atomic mass is 10.1. The van der Waals surface area contributed by atoms with E-state index in [0.29, 0.717) is 18.3 Å². The Balaban J connectivity index is 2.47. The van der Waals surface area contributed by atoms with Crippen molar-refractivity contribution in [3.8, 4) is 0 Å². The van der Waals surface area contributed by atoms with Crippen LogP contribution in [0.25, 0.3) is 0 Å². The van der Waals surface area contributed by atoms with Crippen molar-refractivity contribution in [1.82, 2.24) is 4.98 Å². The monoisotopic (exact) mass is 208 g/mol. The molecule has 0 spiro atoms. The second-order valence-corrected chi connectivity index (χ2v) is 3.77. The van der Waals surface area contributed by atoms with Crippen molar-refractivity contribution in [3.05, 3.63) is 23.9 Å². The number of carbonyl (C=O) groups excluding carboxylic acids is 1. The number of hydrogen-bond acceptors (Lipinski definition) is 4. The van der Waals surface area contributed by atoms with Crippen LogP contribution in [0.4, 0.5) is 5.82 Å². The molecule has 0 fully saturated rings. The number of hydrogen-bond donors (Lipinski definition) is 1. The maximum absolute atomic E-state index is 11.4. The molecule has 4 heteroatoms. The van der Waals surface area contributed by atoms with Gasteiger partial charge in [0.25, 0.3) is 0 Å². The minimum absolute atomic E-state index is 0.263. The Bertz CT molecular complexity index is 337. The summed E-state index contributed by atoms with van der Waals surface area (Å²) < 4.78 is 5.04. The van der Waals surface area contributed by atoms with E-state index >= 15 is 0 Å². The van der Waals surface area contributed by atoms with Crippen molar-refractivity contribution in [2.45, 2.75) is 20.3 Å². The van der Waals surface area contributed by atoms with Gasteiger partial charge in [0.2, 0.25) is 0 Å². The molecule has 1 aromatic rings. The molecule has 15 heavy (non-hydrogen) atoms. The summed E-state index contributed by atoms with van der Waals surface area (Å²) in [6, 6.07) is 4.90. The minimum Gasteiger partial charge on any atom is -0.461 e. The number of carbonyl (C=O) groups is 1. The maximum atomic E-state index is 11.4. The first-order valence-corrected chi connectivity index (χ1v) is 4.99. The van der Waals surface area contributed by atoms with Crippen LogP contribution in [-0.4, -0.2) is 17.6 Å². The molecule has 1 aromatic heterocycles. The molecule has 0 saturated heterocycles. The van der Waals surface area contributed by atoms with Crippen molar-refractivity contribution in [1.29, 1.82) is 0 Å². The van der Waals surface area contributed by atoms with Crippen LogP contribution in [0.2, 0.25) is 0 Å². The molecule has 0 unspecified atom stereocenters. The van der Waals surface area contributed by atoms with Gasteiger partial charge in [-0.1, -0.05) is 19.9 Å². The van der Waals surface area contributed by atoms with Crippen LogP contribution in [0.15, 0.2) is 18.2 Å². The minimum atomic E-state index is -0.414. The third-order valence-electron chi connectivity index (χ3n) is 1.91. The lowest BCUT2D eigenvalue weighted by Gasteiger charge is -2.06. The fourth-order valence-electron chi connectivity index (χ4n) is 1.03. The molecule has 0 aliphatic rings. The summed E-state index contributed by atoms with van der Waals surface area (Å²) in [5.41, 5.74) is 5.72. The first-order chi connectivity index (χ1) is 7.09. The van der Waals surface area contributed by atoms with Crippen LogP contribution in [0.5, 0.6) is 0 Å². The highest BCUT2D eigenvalue weighted by atomic mass is 16.5. The van der Waals surface area contributed by atoms with Gasteiger partial charge >= 0.3 is 5.97 Å². The Morgan fingerprint density at radius 1 is 1.53 bits per heavy atom. The van der Waals surface area contributed by atoms with E-state index in [1.165, 1.54) is 0 Å². The van der Waals surface area contributed by atoms with Crippen LogP contribution in [0, 0.1) is 5.92 Å². The highest BCUT2D eigenvalue weighted by Crippen LogP contribution is 2.04. The van der Waals surface area contributed by atoms with E-state index in [0.717, 1.165) is 6.42 Å². The average molecular weight is 208 g/mol. The van der Waals surface area contributed by atoms with Crippen molar-refractivity contribution in [2.24, 2.45) is 5.92 Å². The van der Waals surface area contributed by atoms with E-state index in [-0.39, 0.29) is 5.69 Å². The number of nitrogen functional groups attached to an aromatic ring is 1. The number of aromatic nitrogens is 1. The Hall–Kier alpha value is -1.58. The number of nitrogens with two attached hydrogens (primary N) is 1. The van der Waals surface area contributed by atoms with Gasteiger partial charge in [-0.2, -0.15) is 0 Å². The van der Waals surface area contributed by atoms with Crippen molar-refractivity contribution in [3.63, 3.8) is 0 Å². The predicted molar refractivity (Wildman–Crippen MR) is 58.4 cm³/mol. The summed E-state index contributed by atoms with van der Waals surface area (Å²) in [6.45, 7) is 4.58. The van der Waals surface area contributed by atoms with Crippen molar-refractivity contribution in [2.75, 3.05) is 12.3 Å². The van der Waals surface area contributed by atoms with Gasteiger partial charge in [0.05, 0.1) is 6.61 Å². The zero-order valence-corrected chi connectivity index (χ0v) is 9.06. The van der Waals surface area contributed by atoms with Crippen LogP contribution in [0.1, 0.15) is 30.8 Å². The molecular formula is C11H16N2O2. The zero-order valence-electron chi connectivity index (χ0n) is 9.06.